The van der Waals surface area contributed by atoms with Gasteiger partial charge >= 0.3 is 5.97 Å². The van der Waals surface area contributed by atoms with Crippen molar-refractivity contribution in [3.63, 3.8) is 0 Å². The number of carboxylic acid groups (broad SMARTS) is 1. The van der Waals surface area contributed by atoms with Crippen molar-refractivity contribution in [1.82, 2.24) is 41.3 Å². The summed E-state index contributed by atoms with van der Waals surface area (Å²) >= 11 is 0. The lowest BCUT2D eigenvalue weighted by Gasteiger charge is -2.32. The fourth-order valence-electron chi connectivity index (χ4n) is 7.39. The quantitative estimate of drug-likeness (QED) is 0.0258. The molecule has 6 atom stereocenters. The summed E-state index contributed by atoms with van der Waals surface area (Å²) in [5, 5.41) is 31.1. The van der Waals surface area contributed by atoms with Gasteiger partial charge < -0.3 is 80.2 Å². The highest BCUT2D eigenvalue weighted by Gasteiger charge is 2.43. The van der Waals surface area contributed by atoms with Crippen LogP contribution in [0, 0.1) is 0 Å². The first kappa shape index (κ1) is 50.0. The molecule has 8 amide bonds. The van der Waals surface area contributed by atoms with Gasteiger partial charge in [0, 0.05) is 32.7 Å². The van der Waals surface area contributed by atoms with Crippen LogP contribution < -0.4 is 55.3 Å². The Bertz CT molecular complexity index is 1700. The molecule has 0 spiro atoms. The molecule has 3 fully saturated rings. The summed E-state index contributed by atoms with van der Waals surface area (Å²) in [5.74, 6) is -6.83. The number of hydrogen-bond donors (Lipinski definition) is 12. The first-order chi connectivity index (χ1) is 29.4. The molecular weight excluding hydrogens is 818 g/mol. The minimum atomic E-state index is -1.49. The third-order valence-corrected chi connectivity index (χ3v) is 10.5. The molecule has 3 rings (SSSR count). The second-order valence-corrected chi connectivity index (χ2v) is 15.0. The Morgan fingerprint density at radius 3 is 1.58 bits per heavy atom. The lowest BCUT2D eigenvalue weighted by Crippen LogP contribution is -2.56. The van der Waals surface area contributed by atoms with E-state index in [0.29, 0.717) is 58.0 Å². The zero-order valence-electron chi connectivity index (χ0n) is 34.6. The summed E-state index contributed by atoms with van der Waals surface area (Å²) in [4.78, 5) is 127. The second-order valence-electron chi connectivity index (χ2n) is 15.0. The van der Waals surface area contributed by atoms with Gasteiger partial charge in [0.2, 0.25) is 47.3 Å². The maximum absolute atomic E-state index is 13.6. The second kappa shape index (κ2) is 24.8. The van der Waals surface area contributed by atoms with Crippen LogP contribution in [0.25, 0.3) is 0 Å². The number of aliphatic hydroxyl groups is 1. The third-order valence-electron chi connectivity index (χ3n) is 10.5. The van der Waals surface area contributed by atoms with Gasteiger partial charge in [-0.15, -0.1) is 0 Å². The average Bonchev–Trinajstić information content (AvgIpc) is 4.04. The first-order valence-corrected chi connectivity index (χ1v) is 20.5. The molecule has 3 saturated heterocycles. The number of hydrogen-bond acceptors (Lipinski definition) is 13. The fourth-order valence-corrected chi connectivity index (χ4v) is 7.39. The highest BCUT2D eigenvalue weighted by Crippen LogP contribution is 2.26. The minimum Gasteiger partial charge on any atom is -0.480 e. The Kier molecular flexibility index (Phi) is 20.0. The highest BCUT2D eigenvalue weighted by molar-refractivity contribution is 5.97. The van der Waals surface area contributed by atoms with E-state index in [0.717, 1.165) is 4.90 Å². The number of rotatable bonds is 23. The molecule has 0 aromatic carbocycles. The van der Waals surface area contributed by atoms with Crippen molar-refractivity contribution < 1.29 is 53.4 Å². The smallest absolute Gasteiger partial charge is 0.326 e. The van der Waals surface area contributed by atoms with Crippen molar-refractivity contribution in [3.8, 4) is 0 Å². The van der Waals surface area contributed by atoms with E-state index in [1.54, 1.807) is 0 Å². The average molecular weight is 880 g/mol. The SMILES string of the molecule is NC(N)=NCCC[C@H](NC(=O)CNC(=O)[C@@H]1CCCN1C(=O)[C@H](CO)NC(=O)CNC(=O)CNC(=O)[C@@H]1CCCN1C(=O)[C@@H]1CCCN1C(=O)[C@@H](N)CCCN=C(N)N)C(=O)O. The molecule has 346 valence electrons. The summed E-state index contributed by atoms with van der Waals surface area (Å²) in [7, 11) is 0. The van der Waals surface area contributed by atoms with E-state index in [1.165, 1.54) is 9.80 Å². The molecule has 17 N–H and O–H groups in total. The van der Waals surface area contributed by atoms with E-state index >= 15 is 0 Å². The van der Waals surface area contributed by atoms with E-state index in [9.17, 15) is 53.4 Å². The van der Waals surface area contributed by atoms with E-state index in [4.69, 9.17) is 28.7 Å². The molecule has 0 saturated carbocycles. The predicted octanol–water partition coefficient (Wildman–Crippen LogP) is -7.21. The van der Waals surface area contributed by atoms with Gasteiger partial charge in [0.1, 0.15) is 30.2 Å². The zero-order chi connectivity index (χ0) is 45.9. The number of nitrogens with zero attached hydrogens (tertiary/aromatic N) is 5. The van der Waals surface area contributed by atoms with Gasteiger partial charge in [-0.1, -0.05) is 0 Å². The van der Waals surface area contributed by atoms with Crippen LogP contribution in [0.5, 0.6) is 0 Å². The Hall–Kier alpha value is -6.31. The minimum absolute atomic E-state index is 0.0165. The predicted molar refractivity (Wildman–Crippen MR) is 220 cm³/mol. The van der Waals surface area contributed by atoms with Crippen LogP contribution in [0.2, 0.25) is 0 Å². The molecule has 0 aromatic heterocycles. The molecule has 0 radical (unpaired) electrons. The van der Waals surface area contributed by atoms with Gasteiger partial charge in [-0.2, -0.15) is 0 Å². The zero-order valence-corrected chi connectivity index (χ0v) is 34.6. The van der Waals surface area contributed by atoms with E-state index in [2.05, 4.69) is 36.6 Å². The van der Waals surface area contributed by atoms with E-state index in [-0.39, 0.29) is 56.7 Å². The van der Waals surface area contributed by atoms with Gasteiger partial charge in [-0.3, -0.25) is 48.3 Å². The van der Waals surface area contributed by atoms with Gasteiger partial charge in [0.15, 0.2) is 11.9 Å². The number of nitrogens with two attached hydrogens (primary N) is 5. The Morgan fingerprint density at radius 2 is 1.05 bits per heavy atom. The number of aliphatic imine (C=N–C) groups is 2. The monoisotopic (exact) mass is 879 g/mol. The summed E-state index contributed by atoms with van der Waals surface area (Å²) in [6.07, 6.45) is 3.48. The van der Waals surface area contributed by atoms with Crippen LogP contribution in [-0.4, -0.2) is 185 Å². The van der Waals surface area contributed by atoms with Crippen LogP contribution in [0.1, 0.15) is 64.2 Å². The number of carbonyl (C=O) groups is 9. The standard InChI is InChI=1S/C36H61N15O11/c37-20(6-1-11-42-35(38)39)31(58)51-15-5-10-25(51)33(60)50-14-4-9-24(50)30(57)45-16-26(53)44-17-27(54)48-22(19-52)32(59)49-13-3-8-23(49)29(56)46-18-28(55)47-21(34(61)62)7-2-12-43-36(40)41/h20-25,52H,1-19,37H2,(H,44,53)(H,45,57)(H,46,56)(H,47,55)(H,48,54)(H,61,62)(H4,38,39,42)(H4,40,41,43)/t20-,21-,22-,23-,24-,25-/m0/s1. The van der Waals surface area contributed by atoms with Crippen LogP contribution in [0.4, 0.5) is 0 Å². The largest absolute Gasteiger partial charge is 0.480 e. The maximum Gasteiger partial charge on any atom is 0.326 e. The topological polar surface area (TPSA) is 419 Å². The summed E-state index contributed by atoms with van der Waals surface area (Å²) in [6, 6.07) is -6.35. The van der Waals surface area contributed by atoms with Crippen LogP contribution >= 0.6 is 0 Å². The van der Waals surface area contributed by atoms with Crippen LogP contribution in [0.15, 0.2) is 9.98 Å². The molecule has 0 unspecified atom stereocenters. The molecule has 0 aromatic rings. The summed E-state index contributed by atoms with van der Waals surface area (Å²) < 4.78 is 0. The van der Waals surface area contributed by atoms with Crippen LogP contribution in [-0.2, 0) is 43.2 Å². The lowest BCUT2D eigenvalue weighted by atomic mass is 10.1. The molecule has 26 heteroatoms. The summed E-state index contributed by atoms with van der Waals surface area (Å²) in [6.45, 7) is -1.46. The Balaban J connectivity index is 1.43. The third kappa shape index (κ3) is 15.3. The molecule has 0 bridgehead atoms. The van der Waals surface area contributed by atoms with Crippen molar-refractivity contribution in [2.24, 2.45) is 38.7 Å². The molecule has 26 nitrogen and oxygen atoms in total. The van der Waals surface area contributed by atoms with Crippen molar-refractivity contribution >= 4 is 65.1 Å². The van der Waals surface area contributed by atoms with Crippen molar-refractivity contribution in [1.29, 1.82) is 0 Å². The van der Waals surface area contributed by atoms with Crippen molar-refractivity contribution in [2.45, 2.75) is 100 Å². The molecule has 0 aliphatic carbocycles. The Morgan fingerprint density at radius 1 is 0.597 bits per heavy atom. The van der Waals surface area contributed by atoms with Crippen molar-refractivity contribution in [3.05, 3.63) is 0 Å². The highest BCUT2D eigenvalue weighted by atomic mass is 16.4. The number of aliphatic carboxylic acids is 1. The van der Waals surface area contributed by atoms with Crippen LogP contribution in [0.3, 0.4) is 0 Å². The molecule has 3 aliphatic rings. The Labute approximate surface area is 357 Å². The molecule has 62 heavy (non-hydrogen) atoms. The molecular formula is C36H61N15O11. The number of carbonyl (C=O) groups excluding carboxylic acids is 8. The molecule has 3 aliphatic heterocycles. The maximum atomic E-state index is 13.6. The molecule has 3 heterocycles. The van der Waals surface area contributed by atoms with Crippen molar-refractivity contribution in [2.75, 3.05) is 59.0 Å². The van der Waals surface area contributed by atoms with E-state index < -0.39 is 110 Å². The first-order valence-electron chi connectivity index (χ1n) is 20.5. The number of guanidine groups is 2. The fraction of sp³-hybridized carbons (Fsp3) is 0.694. The van der Waals surface area contributed by atoms with Gasteiger partial charge in [0.05, 0.1) is 32.3 Å². The normalized spacial score (nSPS) is 19.6. The van der Waals surface area contributed by atoms with E-state index in [1.807, 2.05) is 0 Å². The van der Waals surface area contributed by atoms with Gasteiger partial charge in [0.25, 0.3) is 0 Å². The number of carboxylic acids is 1. The van der Waals surface area contributed by atoms with Gasteiger partial charge in [-0.05, 0) is 64.2 Å². The number of nitrogens with one attached hydrogen (secondary N) is 5. The lowest BCUT2D eigenvalue weighted by molar-refractivity contribution is -0.147. The number of aliphatic hydroxyl groups excluding tert-OH is 1. The van der Waals surface area contributed by atoms with Gasteiger partial charge in [-0.25, -0.2) is 4.79 Å². The summed E-state index contributed by atoms with van der Waals surface area (Å²) in [5.41, 5.74) is 27.3. The number of amides is 8. The number of likely N-dealkylation sites (tertiary alicyclic amines) is 3.